The molecule has 4 unspecified atom stereocenters. The first-order valence-electron chi connectivity index (χ1n) is 25.4. The fraction of sp³-hybridized carbons (Fsp3) is 0.630. The zero-order valence-electron chi connectivity index (χ0n) is 39.3. The Hall–Kier alpha value is -4.00. The van der Waals surface area contributed by atoms with Crippen LogP contribution in [0.3, 0.4) is 0 Å². The standard InChI is InChI=1S/C54H74N4O7/c1-3-5-7-9-11-19-33-59-51-55-35-45(36-56-51)41-21-25-43(26-22-41)49(47-39-61-53(64-47)29-15-13-16-30-53)63-50(48-40-62-54(65-48)31-17-14-18-32-54)44-27-23-42(24-28-44)46-37-57-52(58-38-46)60-34-20-12-10-8-6-4-2/h21-28,35-38,47-50H,3-20,29-34,39-40H2,1-2H3. The van der Waals surface area contributed by atoms with E-state index < -0.39 is 23.8 Å². The summed E-state index contributed by atoms with van der Waals surface area (Å²) in [6.07, 6.45) is 30.9. The highest BCUT2D eigenvalue weighted by Gasteiger charge is 2.49. The molecule has 0 N–H and O–H groups in total. The van der Waals surface area contributed by atoms with Gasteiger partial charge in [0.25, 0.3) is 0 Å². The highest BCUT2D eigenvalue weighted by molar-refractivity contribution is 5.63. The van der Waals surface area contributed by atoms with Gasteiger partial charge < -0.3 is 33.2 Å². The summed E-state index contributed by atoms with van der Waals surface area (Å²) in [5.41, 5.74) is 5.91. The topological polar surface area (TPSA) is 116 Å². The molecule has 2 aliphatic carbocycles. The maximum atomic E-state index is 7.44. The van der Waals surface area contributed by atoms with Gasteiger partial charge in [-0.25, -0.2) is 19.9 Å². The Morgan fingerprint density at radius 3 is 1.23 bits per heavy atom. The molecule has 4 heterocycles. The van der Waals surface area contributed by atoms with Crippen molar-refractivity contribution in [2.75, 3.05) is 26.4 Å². The maximum absolute atomic E-state index is 7.44. The van der Waals surface area contributed by atoms with Crippen LogP contribution in [0.1, 0.15) is 178 Å². The summed E-state index contributed by atoms with van der Waals surface area (Å²) in [5, 5.41) is 0. The van der Waals surface area contributed by atoms with Crippen molar-refractivity contribution >= 4 is 0 Å². The van der Waals surface area contributed by atoms with Crippen molar-refractivity contribution in [1.82, 2.24) is 19.9 Å². The second-order valence-corrected chi connectivity index (χ2v) is 18.8. The van der Waals surface area contributed by atoms with Gasteiger partial charge in [-0.1, -0.05) is 139 Å². The second-order valence-electron chi connectivity index (χ2n) is 18.8. The van der Waals surface area contributed by atoms with E-state index >= 15 is 0 Å². The van der Waals surface area contributed by atoms with Crippen LogP contribution in [0.5, 0.6) is 12.0 Å². The zero-order chi connectivity index (χ0) is 44.6. The highest BCUT2D eigenvalue weighted by atomic mass is 16.8. The van der Waals surface area contributed by atoms with Crippen LogP contribution >= 0.6 is 0 Å². The third-order valence-corrected chi connectivity index (χ3v) is 13.8. The molecule has 352 valence electrons. The molecule has 4 atom stereocenters. The van der Waals surface area contributed by atoms with E-state index in [1.165, 1.54) is 77.0 Å². The Bertz CT molecular complexity index is 1830. The van der Waals surface area contributed by atoms with Gasteiger partial charge in [0.1, 0.15) is 24.4 Å². The third-order valence-electron chi connectivity index (χ3n) is 13.8. The van der Waals surface area contributed by atoms with Crippen LogP contribution < -0.4 is 9.47 Å². The second kappa shape index (κ2) is 24.1. The van der Waals surface area contributed by atoms with Gasteiger partial charge in [0.2, 0.25) is 0 Å². The quantitative estimate of drug-likeness (QED) is 0.0626. The Labute approximate surface area is 388 Å². The lowest BCUT2D eigenvalue weighted by Crippen LogP contribution is -2.37. The van der Waals surface area contributed by atoms with Gasteiger partial charge in [0.15, 0.2) is 11.6 Å². The number of benzene rings is 2. The van der Waals surface area contributed by atoms with Gasteiger partial charge in [-0.15, -0.1) is 0 Å². The average Bonchev–Trinajstić information content (AvgIpc) is 3.95. The molecule has 0 radical (unpaired) electrons. The Balaban J connectivity index is 0.992. The number of unbranched alkanes of at least 4 members (excludes halogenated alkanes) is 10. The van der Waals surface area contributed by atoms with Gasteiger partial charge in [-0.3, -0.25) is 0 Å². The molecular formula is C54H74N4O7. The van der Waals surface area contributed by atoms with Crippen LogP contribution in [-0.2, 0) is 23.7 Å². The Morgan fingerprint density at radius 1 is 0.477 bits per heavy atom. The molecule has 4 fully saturated rings. The van der Waals surface area contributed by atoms with Crippen LogP contribution in [-0.4, -0.2) is 70.1 Å². The summed E-state index contributed by atoms with van der Waals surface area (Å²) in [6.45, 7) is 6.67. The molecule has 2 aromatic heterocycles. The van der Waals surface area contributed by atoms with Gasteiger partial charge in [0.05, 0.1) is 26.4 Å². The summed E-state index contributed by atoms with van der Waals surface area (Å²) in [7, 11) is 0. The molecule has 2 aliphatic heterocycles. The van der Waals surface area contributed by atoms with E-state index in [1.54, 1.807) is 0 Å². The van der Waals surface area contributed by atoms with Crippen LogP contribution in [0, 0.1) is 0 Å². The number of hydrogen-bond donors (Lipinski definition) is 0. The number of ether oxygens (including phenoxy) is 7. The van der Waals surface area contributed by atoms with Crippen molar-refractivity contribution in [2.45, 2.75) is 191 Å². The normalized spacial score (nSPS) is 21.1. The monoisotopic (exact) mass is 891 g/mol. The lowest BCUT2D eigenvalue weighted by Gasteiger charge is -2.36. The fourth-order valence-corrected chi connectivity index (χ4v) is 9.98. The zero-order valence-corrected chi connectivity index (χ0v) is 39.3. The molecular weight excluding hydrogens is 817 g/mol. The van der Waals surface area contributed by atoms with E-state index in [-0.39, 0.29) is 12.2 Å². The summed E-state index contributed by atoms with van der Waals surface area (Å²) in [5.74, 6) is -1.12. The Morgan fingerprint density at radius 2 is 0.846 bits per heavy atom. The fourth-order valence-electron chi connectivity index (χ4n) is 9.98. The van der Waals surface area contributed by atoms with E-state index in [4.69, 9.17) is 33.2 Å². The molecule has 2 aromatic carbocycles. The first kappa shape index (κ1) is 47.5. The minimum atomic E-state index is -0.562. The predicted octanol–water partition coefficient (Wildman–Crippen LogP) is 13.0. The smallest absolute Gasteiger partial charge is 0.316 e. The number of nitrogens with zero attached hydrogens (tertiary/aromatic N) is 4. The molecule has 4 aromatic rings. The molecule has 65 heavy (non-hydrogen) atoms. The van der Waals surface area contributed by atoms with Crippen LogP contribution in [0.25, 0.3) is 22.3 Å². The molecule has 0 bridgehead atoms. The lowest BCUT2D eigenvalue weighted by molar-refractivity contribution is -0.218. The minimum absolute atomic E-state index is 0.308. The van der Waals surface area contributed by atoms with Gasteiger partial charge in [-0.05, 0) is 60.8 Å². The number of rotatable bonds is 24. The van der Waals surface area contributed by atoms with Crippen LogP contribution in [0.15, 0.2) is 73.3 Å². The van der Waals surface area contributed by atoms with E-state index in [0.29, 0.717) is 38.4 Å². The van der Waals surface area contributed by atoms with Crippen molar-refractivity contribution in [3.8, 4) is 34.3 Å². The highest BCUT2D eigenvalue weighted by Crippen LogP contribution is 2.47. The first-order valence-corrected chi connectivity index (χ1v) is 25.4. The Kier molecular flexibility index (Phi) is 17.6. The van der Waals surface area contributed by atoms with Crippen molar-refractivity contribution in [3.63, 3.8) is 0 Å². The summed E-state index contributed by atoms with van der Waals surface area (Å²) in [6, 6.07) is 17.9. The predicted molar refractivity (Wildman–Crippen MR) is 253 cm³/mol. The van der Waals surface area contributed by atoms with Crippen molar-refractivity contribution in [3.05, 3.63) is 84.4 Å². The van der Waals surface area contributed by atoms with E-state index in [2.05, 4.69) is 82.3 Å². The molecule has 8 rings (SSSR count). The maximum Gasteiger partial charge on any atom is 0.316 e. The number of aromatic nitrogens is 4. The van der Waals surface area contributed by atoms with Crippen molar-refractivity contribution < 1.29 is 33.2 Å². The van der Waals surface area contributed by atoms with Crippen LogP contribution in [0.4, 0.5) is 0 Å². The summed E-state index contributed by atoms with van der Waals surface area (Å²) >= 11 is 0. The van der Waals surface area contributed by atoms with Crippen molar-refractivity contribution in [1.29, 1.82) is 0 Å². The molecule has 0 amide bonds. The van der Waals surface area contributed by atoms with Gasteiger partial charge in [-0.2, -0.15) is 0 Å². The van der Waals surface area contributed by atoms with E-state index in [1.807, 2.05) is 24.8 Å². The minimum Gasteiger partial charge on any atom is -0.463 e. The summed E-state index contributed by atoms with van der Waals surface area (Å²) < 4.78 is 46.3. The van der Waals surface area contributed by atoms with Crippen molar-refractivity contribution in [2.24, 2.45) is 0 Å². The van der Waals surface area contributed by atoms with Gasteiger partial charge >= 0.3 is 12.0 Å². The van der Waals surface area contributed by atoms with E-state index in [9.17, 15) is 0 Å². The molecule has 2 saturated carbocycles. The molecule has 2 spiro atoms. The molecule has 2 saturated heterocycles. The van der Waals surface area contributed by atoms with E-state index in [0.717, 1.165) is 97.6 Å². The summed E-state index contributed by atoms with van der Waals surface area (Å²) in [4.78, 5) is 18.2. The lowest BCUT2D eigenvalue weighted by atomic mass is 9.94. The molecule has 4 aliphatic rings. The van der Waals surface area contributed by atoms with Crippen LogP contribution in [0.2, 0.25) is 0 Å². The largest absolute Gasteiger partial charge is 0.463 e. The molecule has 11 nitrogen and oxygen atoms in total. The first-order chi connectivity index (χ1) is 32.0. The average molecular weight is 891 g/mol. The molecule has 11 heteroatoms. The number of hydrogen-bond acceptors (Lipinski definition) is 11. The van der Waals surface area contributed by atoms with Gasteiger partial charge in [0, 0.05) is 61.6 Å². The SMILES string of the molecule is CCCCCCCCOc1ncc(-c2ccc(C(OC(c3ccc(-c4cnc(OCCCCCCCC)nc4)cc3)C3COC4(CCCCC4)O3)C3COC4(CCCCC4)O3)cc2)cn1. The third kappa shape index (κ3) is 13.1.